The third-order valence-electron chi connectivity index (χ3n) is 5.11. The predicted octanol–water partition coefficient (Wildman–Crippen LogP) is 4.64. The summed E-state index contributed by atoms with van der Waals surface area (Å²) >= 11 is 0. The van der Waals surface area contributed by atoms with Crippen LogP contribution in [0, 0.1) is 12.7 Å². The first-order valence-corrected chi connectivity index (χ1v) is 8.74. The van der Waals surface area contributed by atoms with E-state index < -0.39 is 0 Å². The lowest BCUT2D eigenvalue weighted by atomic mass is 9.93. The highest BCUT2D eigenvalue weighted by Gasteiger charge is 2.25. The molecule has 0 aliphatic carbocycles. The Balaban J connectivity index is 1.45. The fourth-order valence-corrected chi connectivity index (χ4v) is 3.66. The van der Waals surface area contributed by atoms with Gasteiger partial charge >= 0.3 is 0 Å². The monoisotopic (exact) mass is 336 g/mol. The number of likely N-dealkylation sites (tertiary alicyclic amines) is 1. The Morgan fingerprint density at radius 2 is 1.80 bits per heavy atom. The predicted molar refractivity (Wildman–Crippen MR) is 97.3 cm³/mol. The van der Waals surface area contributed by atoms with Gasteiger partial charge in [0.1, 0.15) is 5.82 Å². The Morgan fingerprint density at radius 1 is 1.08 bits per heavy atom. The van der Waals surface area contributed by atoms with Gasteiger partial charge in [-0.2, -0.15) is 0 Å². The normalized spacial score (nSPS) is 15.7. The molecule has 0 atom stereocenters. The number of halogens is 1. The van der Waals surface area contributed by atoms with Gasteiger partial charge in [-0.05, 0) is 67.6 Å². The molecule has 1 aliphatic heterocycles. The van der Waals surface area contributed by atoms with Gasteiger partial charge in [-0.15, -0.1) is 0 Å². The van der Waals surface area contributed by atoms with Crippen molar-refractivity contribution in [2.24, 2.45) is 0 Å². The Hall–Kier alpha value is -2.62. The third kappa shape index (κ3) is 3.16. The fourth-order valence-electron chi connectivity index (χ4n) is 3.66. The third-order valence-corrected chi connectivity index (χ3v) is 5.11. The lowest BCUT2D eigenvalue weighted by Gasteiger charge is -2.31. The van der Waals surface area contributed by atoms with Crippen LogP contribution in [0.3, 0.4) is 0 Å². The molecular formula is C21H21FN2O. The standard InChI is InChI=1S/C21H21FN2O/c1-14-2-7-19-17(12-14)13-20(23-19)15-8-10-24(11-9-15)21(25)16-3-5-18(22)6-4-16/h2-7,12-13,15,23H,8-11H2,1H3. The molecule has 4 heteroatoms. The lowest BCUT2D eigenvalue weighted by molar-refractivity contribution is 0.0712. The van der Waals surface area contributed by atoms with Gasteiger partial charge in [0.15, 0.2) is 0 Å². The number of piperidine rings is 1. The summed E-state index contributed by atoms with van der Waals surface area (Å²) in [4.78, 5) is 17.9. The van der Waals surface area contributed by atoms with Crippen molar-refractivity contribution in [3.8, 4) is 0 Å². The molecule has 0 unspecified atom stereocenters. The highest BCUT2D eigenvalue weighted by molar-refractivity contribution is 5.94. The molecule has 2 heterocycles. The number of aryl methyl sites for hydroxylation is 1. The van der Waals surface area contributed by atoms with Gasteiger partial charge in [0, 0.05) is 35.8 Å². The van der Waals surface area contributed by atoms with E-state index in [1.807, 2.05) is 4.90 Å². The van der Waals surface area contributed by atoms with Gasteiger partial charge in [-0.3, -0.25) is 4.79 Å². The van der Waals surface area contributed by atoms with Gasteiger partial charge in [0.25, 0.3) is 5.91 Å². The van der Waals surface area contributed by atoms with Gasteiger partial charge in [0.2, 0.25) is 0 Å². The van der Waals surface area contributed by atoms with E-state index in [1.54, 1.807) is 12.1 Å². The van der Waals surface area contributed by atoms with Crippen LogP contribution in [0.4, 0.5) is 4.39 Å². The molecular weight excluding hydrogens is 315 g/mol. The van der Waals surface area contributed by atoms with Crippen LogP contribution in [0.2, 0.25) is 0 Å². The Kier molecular flexibility index (Phi) is 4.04. The summed E-state index contributed by atoms with van der Waals surface area (Å²) in [5, 5.41) is 1.25. The van der Waals surface area contributed by atoms with Crippen molar-refractivity contribution in [2.75, 3.05) is 13.1 Å². The van der Waals surface area contributed by atoms with E-state index in [0.29, 0.717) is 11.5 Å². The molecule has 25 heavy (non-hydrogen) atoms. The first-order chi connectivity index (χ1) is 12.1. The van der Waals surface area contributed by atoms with Crippen LogP contribution in [-0.4, -0.2) is 28.9 Å². The van der Waals surface area contributed by atoms with Gasteiger partial charge in [-0.1, -0.05) is 11.6 Å². The number of aromatic amines is 1. The molecule has 1 saturated heterocycles. The summed E-state index contributed by atoms with van der Waals surface area (Å²) in [6.45, 7) is 3.57. The summed E-state index contributed by atoms with van der Waals surface area (Å²) in [5.41, 5.74) is 4.25. The van der Waals surface area contributed by atoms with Crippen LogP contribution < -0.4 is 0 Å². The van der Waals surface area contributed by atoms with E-state index in [2.05, 4.69) is 36.2 Å². The van der Waals surface area contributed by atoms with E-state index in [0.717, 1.165) is 25.9 Å². The van der Waals surface area contributed by atoms with Gasteiger partial charge in [-0.25, -0.2) is 4.39 Å². The minimum absolute atomic E-state index is 0.00859. The lowest BCUT2D eigenvalue weighted by Crippen LogP contribution is -2.38. The second-order valence-electron chi connectivity index (χ2n) is 6.89. The van der Waals surface area contributed by atoms with Crippen molar-refractivity contribution in [1.29, 1.82) is 0 Å². The van der Waals surface area contributed by atoms with E-state index in [4.69, 9.17) is 0 Å². The zero-order valence-corrected chi connectivity index (χ0v) is 14.3. The number of hydrogen-bond acceptors (Lipinski definition) is 1. The molecule has 4 rings (SSSR count). The molecule has 1 aromatic heterocycles. The number of benzene rings is 2. The number of rotatable bonds is 2. The molecule has 1 aliphatic rings. The topological polar surface area (TPSA) is 36.1 Å². The molecule has 128 valence electrons. The van der Waals surface area contributed by atoms with Crippen LogP contribution >= 0.6 is 0 Å². The minimum atomic E-state index is -0.315. The zero-order chi connectivity index (χ0) is 17.4. The highest BCUT2D eigenvalue weighted by Crippen LogP contribution is 2.30. The first-order valence-electron chi connectivity index (χ1n) is 8.74. The van der Waals surface area contributed by atoms with Crippen molar-refractivity contribution in [3.05, 3.63) is 71.2 Å². The van der Waals surface area contributed by atoms with Crippen molar-refractivity contribution < 1.29 is 9.18 Å². The van der Waals surface area contributed by atoms with Crippen LogP contribution in [-0.2, 0) is 0 Å². The first kappa shape index (κ1) is 15.9. The maximum Gasteiger partial charge on any atom is 0.253 e. The average molecular weight is 336 g/mol. The maximum absolute atomic E-state index is 13.0. The van der Waals surface area contributed by atoms with Crippen LogP contribution in [0.5, 0.6) is 0 Å². The number of nitrogens with one attached hydrogen (secondary N) is 1. The number of aromatic nitrogens is 1. The van der Waals surface area contributed by atoms with Crippen LogP contribution in [0.15, 0.2) is 48.5 Å². The summed E-state index contributed by atoms with van der Waals surface area (Å²) in [7, 11) is 0. The molecule has 1 N–H and O–H groups in total. The zero-order valence-electron chi connectivity index (χ0n) is 14.3. The number of hydrogen-bond donors (Lipinski definition) is 1. The highest BCUT2D eigenvalue weighted by atomic mass is 19.1. The fraction of sp³-hybridized carbons (Fsp3) is 0.286. The molecule has 0 saturated carbocycles. The summed E-state index contributed by atoms with van der Waals surface area (Å²) in [6, 6.07) is 14.5. The van der Waals surface area contributed by atoms with E-state index in [-0.39, 0.29) is 11.7 Å². The summed E-state index contributed by atoms with van der Waals surface area (Å²) in [5.74, 6) is 0.125. The van der Waals surface area contributed by atoms with E-state index >= 15 is 0 Å². The summed E-state index contributed by atoms with van der Waals surface area (Å²) in [6.07, 6.45) is 1.89. The quantitative estimate of drug-likeness (QED) is 0.727. The van der Waals surface area contributed by atoms with E-state index in [9.17, 15) is 9.18 Å². The van der Waals surface area contributed by atoms with E-state index in [1.165, 1.54) is 34.3 Å². The molecule has 0 radical (unpaired) electrons. The largest absolute Gasteiger partial charge is 0.358 e. The minimum Gasteiger partial charge on any atom is -0.358 e. The SMILES string of the molecule is Cc1ccc2[nH]c(C3CCN(C(=O)c4ccc(F)cc4)CC3)cc2c1. The number of amides is 1. The molecule has 0 bridgehead atoms. The van der Waals surface area contributed by atoms with Gasteiger partial charge < -0.3 is 9.88 Å². The molecule has 2 aromatic carbocycles. The number of nitrogens with zero attached hydrogens (tertiary/aromatic N) is 1. The molecule has 1 amide bonds. The smallest absolute Gasteiger partial charge is 0.253 e. The Bertz CT molecular complexity index is 905. The molecule has 1 fully saturated rings. The second kappa shape index (κ2) is 6.36. The van der Waals surface area contributed by atoms with Crippen molar-refractivity contribution in [3.63, 3.8) is 0 Å². The molecule has 3 nitrogen and oxygen atoms in total. The van der Waals surface area contributed by atoms with Crippen LogP contribution in [0.1, 0.15) is 40.4 Å². The van der Waals surface area contributed by atoms with Crippen molar-refractivity contribution in [1.82, 2.24) is 9.88 Å². The molecule has 3 aromatic rings. The summed E-state index contributed by atoms with van der Waals surface area (Å²) < 4.78 is 13.0. The van der Waals surface area contributed by atoms with Crippen molar-refractivity contribution in [2.45, 2.75) is 25.7 Å². The maximum atomic E-state index is 13.0. The number of carbonyl (C=O) groups excluding carboxylic acids is 1. The number of carbonyl (C=O) groups is 1. The van der Waals surface area contributed by atoms with Gasteiger partial charge in [0.05, 0.1) is 0 Å². The van der Waals surface area contributed by atoms with Crippen molar-refractivity contribution >= 4 is 16.8 Å². The average Bonchev–Trinajstić information content (AvgIpc) is 3.05. The van der Waals surface area contributed by atoms with Crippen LogP contribution in [0.25, 0.3) is 10.9 Å². The Labute approximate surface area is 146 Å². The molecule has 0 spiro atoms. The number of fused-ring (bicyclic) bond motifs is 1. The number of H-pyrrole nitrogens is 1. The second-order valence-corrected chi connectivity index (χ2v) is 6.89. The Morgan fingerprint density at radius 3 is 2.52 bits per heavy atom.